The van der Waals surface area contributed by atoms with Crippen LogP contribution in [0.3, 0.4) is 0 Å². The fraction of sp³-hybridized carbons (Fsp3) is 0.158. The summed E-state index contributed by atoms with van der Waals surface area (Å²) in [6.45, 7) is 4.17. The molecule has 128 valence electrons. The Balaban J connectivity index is 2.13. The molecule has 0 aliphatic carbocycles. The van der Waals surface area contributed by atoms with Crippen molar-refractivity contribution in [2.45, 2.75) is 13.8 Å². The minimum absolute atomic E-state index is 0.380. The topological polar surface area (TPSA) is 64.1 Å². The van der Waals surface area contributed by atoms with Crippen LogP contribution in [0, 0.1) is 6.92 Å². The van der Waals surface area contributed by atoms with Crippen LogP contribution in [-0.2, 0) is 0 Å². The molecule has 2 aromatic carbocycles. The Bertz CT molecular complexity index is 1020. The molecule has 0 aliphatic rings. The summed E-state index contributed by atoms with van der Waals surface area (Å²) < 4.78 is 6.49. The quantitative estimate of drug-likeness (QED) is 0.777. The first kappa shape index (κ1) is 17.0. The fourth-order valence-corrected chi connectivity index (χ4v) is 2.83. The van der Waals surface area contributed by atoms with Gasteiger partial charge < -0.3 is 9.72 Å². The Morgan fingerprint density at radius 3 is 2.48 bits per heavy atom. The molecule has 3 aromatic rings. The SMILES string of the molecule is CCOc1ccc(-c2[nH]c(=O)n(-c3cccc(Cl)c3)c(=O)c2C)cc1. The van der Waals surface area contributed by atoms with Gasteiger partial charge >= 0.3 is 5.69 Å². The molecule has 0 radical (unpaired) electrons. The zero-order valence-corrected chi connectivity index (χ0v) is 14.6. The minimum Gasteiger partial charge on any atom is -0.494 e. The van der Waals surface area contributed by atoms with E-state index in [0.717, 1.165) is 15.9 Å². The highest BCUT2D eigenvalue weighted by atomic mass is 35.5. The van der Waals surface area contributed by atoms with Gasteiger partial charge in [0.2, 0.25) is 0 Å². The summed E-state index contributed by atoms with van der Waals surface area (Å²) >= 11 is 5.97. The summed E-state index contributed by atoms with van der Waals surface area (Å²) in [5.41, 5.74) is 1.23. The molecule has 1 aromatic heterocycles. The monoisotopic (exact) mass is 356 g/mol. The van der Waals surface area contributed by atoms with E-state index in [9.17, 15) is 9.59 Å². The van der Waals surface area contributed by atoms with E-state index in [1.165, 1.54) is 0 Å². The molecular formula is C19H17ClN2O3. The molecule has 0 atom stereocenters. The molecule has 0 saturated carbocycles. The normalized spacial score (nSPS) is 10.7. The number of H-pyrrole nitrogens is 1. The second-order valence-corrected chi connectivity index (χ2v) is 5.94. The molecule has 0 aliphatic heterocycles. The van der Waals surface area contributed by atoms with E-state index in [1.54, 1.807) is 43.3 Å². The van der Waals surface area contributed by atoms with Gasteiger partial charge in [0.05, 0.1) is 18.0 Å². The molecule has 0 fully saturated rings. The third-order valence-corrected chi connectivity index (χ3v) is 4.09. The molecule has 3 rings (SSSR count). The van der Waals surface area contributed by atoms with Crippen LogP contribution < -0.4 is 16.0 Å². The van der Waals surface area contributed by atoms with Crippen molar-refractivity contribution < 1.29 is 4.74 Å². The number of nitrogens with one attached hydrogen (secondary N) is 1. The lowest BCUT2D eigenvalue weighted by atomic mass is 10.1. The van der Waals surface area contributed by atoms with Gasteiger partial charge in [0.15, 0.2) is 0 Å². The van der Waals surface area contributed by atoms with Gasteiger partial charge in [-0.05, 0) is 61.9 Å². The van der Waals surface area contributed by atoms with E-state index < -0.39 is 5.69 Å². The second-order valence-electron chi connectivity index (χ2n) is 5.51. The van der Waals surface area contributed by atoms with Crippen molar-refractivity contribution in [3.05, 3.63) is 80.0 Å². The zero-order chi connectivity index (χ0) is 18.0. The Hall–Kier alpha value is -2.79. The Labute approximate surface area is 149 Å². The average molecular weight is 357 g/mol. The summed E-state index contributed by atoms with van der Waals surface area (Å²) in [6.07, 6.45) is 0. The zero-order valence-electron chi connectivity index (χ0n) is 13.9. The number of aromatic nitrogens is 2. The van der Waals surface area contributed by atoms with Gasteiger partial charge in [0.25, 0.3) is 5.56 Å². The van der Waals surface area contributed by atoms with Crippen LogP contribution in [0.5, 0.6) is 5.75 Å². The number of halogens is 1. The van der Waals surface area contributed by atoms with Crippen LogP contribution >= 0.6 is 11.6 Å². The molecule has 25 heavy (non-hydrogen) atoms. The van der Waals surface area contributed by atoms with Gasteiger partial charge in [-0.2, -0.15) is 0 Å². The predicted molar refractivity (Wildman–Crippen MR) is 99.0 cm³/mol. The first-order valence-electron chi connectivity index (χ1n) is 7.86. The number of rotatable bonds is 4. The number of ether oxygens (including phenoxy) is 1. The number of nitrogens with zero attached hydrogens (tertiary/aromatic N) is 1. The van der Waals surface area contributed by atoms with Gasteiger partial charge in [0.1, 0.15) is 5.75 Å². The van der Waals surface area contributed by atoms with Crippen molar-refractivity contribution in [2.75, 3.05) is 6.61 Å². The molecule has 0 amide bonds. The van der Waals surface area contributed by atoms with Crippen LogP contribution in [0.25, 0.3) is 16.9 Å². The number of aromatic amines is 1. The number of hydrogen-bond donors (Lipinski definition) is 1. The summed E-state index contributed by atoms with van der Waals surface area (Å²) in [7, 11) is 0. The molecule has 6 heteroatoms. The predicted octanol–water partition coefficient (Wildman–Crippen LogP) is 3.55. The number of hydrogen-bond acceptors (Lipinski definition) is 3. The van der Waals surface area contributed by atoms with Gasteiger partial charge in [-0.3, -0.25) is 4.79 Å². The Morgan fingerprint density at radius 1 is 1.12 bits per heavy atom. The molecule has 0 bridgehead atoms. The molecule has 1 heterocycles. The summed E-state index contributed by atoms with van der Waals surface area (Å²) in [4.78, 5) is 28.0. The molecule has 0 spiro atoms. The largest absolute Gasteiger partial charge is 0.494 e. The van der Waals surface area contributed by atoms with Gasteiger partial charge in [0, 0.05) is 10.6 Å². The lowest BCUT2D eigenvalue weighted by Gasteiger charge is -2.11. The fourth-order valence-electron chi connectivity index (χ4n) is 2.65. The molecule has 0 saturated heterocycles. The molecular weight excluding hydrogens is 340 g/mol. The first-order chi connectivity index (χ1) is 12.0. The third kappa shape index (κ3) is 3.37. The van der Waals surface area contributed by atoms with Crippen molar-refractivity contribution in [1.29, 1.82) is 0 Å². The van der Waals surface area contributed by atoms with Crippen LogP contribution in [-0.4, -0.2) is 16.2 Å². The van der Waals surface area contributed by atoms with Crippen LogP contribution in [0.2, 0.25) is 5.02 Å². The van der Waals surface area contributed by atoms with E-state index in [0.29, 0.717) is 28.6 Å². The van der Waals surface area contributed by atoms with E-state index in [2.05, 4.69) is 4.98 Å². The van der Waals surface area contributed by atoms with E-state index in [1.807, 2.05) is 19.1 Å². The van der Waals surface area contributed by atoms with Crippen molar-refractivity contribution >= 4 is 11.6 Å². The average Bonchev–Trinajstić information content (AvgIpc) is 2.59. The summed E-state index contributed by atoms with van der Waals surface area (Å²) in [6, 6.07) is 13.9. The summed E-state index contributed by atoms with van der Waals surface area (Å²) in [5, 5.41) is 0.456. The number of benzene rings is 2. The maximum Gasteiger partial charge on any atom is 0.333 e. The van der Waals surface area contributed by atoms with E-state index in [4.69, 9.17) is 16.3 Å². The maximum absolute atomic E-state index is 12.7. The lowest BCUT2D eigenvalue weighted by molar-refractivity contribution is 0.340. The van der Waals surface area contributed by atoms with Crippen LogP contribution in [0.1, 0.15) is 12.5 Å². The van der Waals surface area contributed by atoms with Crippen molar-refractivity contribution in [2.24, 2.45) is 0 Å². The van der Waals surface area contributed by atoms with Gasteiger partial charge in [-0.25, -0.2) is 9.36 Å². The van der Waals surface area contributed by atoms with E-state index >= 15 is 0 Å². The highest BCUT2D eigenvalue weighted by Gasteiger charge is 2.13. The third-order valence-electron chi connectivity index (χ3n) is 3.85. The smallest absolute Gasteiger partial charge is 0.333 e. The Morgan fingerprint density at radius 2 is 1.84 bits per heavy atom. The maximum atomic E-state index is 12.7. The Kier molecular flexibility index (Phi) is 4.76. The highest BCUT2D eigenvalue weighted by molar-refractivity contribution is 6.30. The molecule has 1 N–H and O–H groups in total. The highest BCUT2D eigenvalue weighted by Crippen LogP contribution is 2.22. The van der Waals surface area contributed by atoms with Crippen molar-refractivity contribution in [3.63, 3.8) is 0 Å². The van der Waals surface area contributed by atoms with Crippen molar-refractivity contribution in [3.8, 4) is 22.7 Å². The van der Waals surface area contributed by atoms with Gasteiger partial charge in [-0.1, -0.05) is 17.7 Å². The first-order valence-corrected chi connectivity index (χ1v) is 8.24. The molecule has 5 nitrogen and oxygen atoms in total. The minimum atomic E-state index is -0.512. The summed E-state index contributed by atoms with van der Waals surface area (Å²) in [5.74, 6) is 0.735. The van der Waals surface area contributed by atoms with Crippen LogP contribution in [0.4, 0.5) is 0 Å². The molecule has 0 unspecified atom stereocenters. The van der Waals surface area contributed by atoms with Crippen molar-refractivity contribution in [1.82, 2.24) is 9.55 Å². The van der Waals surface area contributed by atoms with Gasteiger partial charge in [-0.15, -0.1) is 0 Å². The second kappa shape index (κ2) is 6.99. The lowest BCUT2D eigenvalue weighted by Crippen LogP contribution is -2.35. The standard InChI is InChI=1S/C19H17ClN2O3/c1-3-25-16-9-7-13(8-10-16)17-12(2)18(23)22(19(24)21-17)15-6-4-5-14(20)11-15/h4-11H,3H2,1-2H3,(H,21,24). The van der Waals surface area contributed by atoms with E-state index in [-0.39, 0.29) is 5.56 Å². The van der Waals surface area contributed by atoms with Crippen LogP contribution in [0.15, 0.2) is 58.1 Å².